The summed E-state index contributed by atoms with van der Waals surface area (Å²) in [7, 11) is 1.39. The number of ether oxygens (including phenoxy) is 1. The normalized spacial score (nSPS) is 12.2. The third-order valence-corrected chi connectivity index (χ3v) is 2.66. The fourth-order valence-corrected chi connectivity index (χ4v) is 1.83. The van der Waals surface area contributed by atoms with Gasteiger partial charge in [-0.2, -0.15) is 0 Å². The number of hydrogen-bond donors (Lipinski definition) is 3. The van der Waals surface area contributed by atoms with E-state index in [0.29, 0.717) is 4.47 Å². The van der Waals surface area contributed by atoms with Crippen molar-refractivity contribution in [2.24, 2.45) is 5.73 Å². The molecule has 0 aromatic heterocycles. The number of aromatic hydroxyl groups is 1. The summed E-state index contributed by atoms with van der Waals surface area (Å²) in [4.78, 5) is 10.9. The summed E-state index contributed by atoms with van der Waals surface area (Å²) in [5.74, 6) is -2.02. The Balaban J connectivity index is 3.31. The Morgan fingerprint density at radius 3 is 2.69 bits per heavy atom. The van der Waals surface area contributed by atoms with Gasteiger partial charge >= 0.3 is 5.97 Å². The molecule has 16 heavy (non-hydrogen) atoms. The van der Waals surface area contributed by atoms with Gasteiger partial charge in [-0.25, -0.2) is 0 Å². The zero-order chi connectivity index (χ0) is 12.3. The molecule has 6 heteroatoms. The van der Waals surface area contributed by atoms with Crippen LogP contribution in [0.2, 0.25) is 0 Å². The van der Waals surface area contributed by atoms with Gasteiger partial charge in [-0.1, -0.05) is 15.9 Å². The number of methoxy groups -OCH3 is 1. The lowest BCUT2D eigenvalue weighted by Gasteiger charge is -2.14. The van der Waals surface area contributed by atoms with Gasteiger partial charge in [0.2, 0.25) is 0 Å². The highest BCUT2D eigenvalue weighted by Gasteiger charge is 2.23. The number of nitrogens with two attached hydrogens (primary N) is 1. The second-order valence-corrected chi connectivity index (χ2v) is 4.09. The molecule has 0 saturated carbocycles. The van der Waals surface area contributed by atoms with E-state index < -0.39 is 11.9 Å². The molecule has 0 aliphatic heterocycles. The minimum absolute atomic E-state index is 0.0947. The molecule has 4 N–H and O–H groups in total. The van der Waals surface area contributed by atoms with Gasteiger partial charge in [0.1, 0.15) is 0 Å². The molecule has 0 spiro atoms. The maximum absolute atomic E-state index is 10.9. The minimum atomic E-state index is -1.09. The summed E-state index contributed by atoms with van der Waals surface area (Å²) < 4.78 is 5.55. The first-order valence-electron chi connectivity index (χ1n) is 4.50. The van der Waals surface area contributed by atoms with Crippen molar-refractivity contribution in [1.29, 1.82) is 0 Å². The predicted molar refractivity (Wildman–Crippen MR) is 61.8 cm³/mol. The molecule has 0 amide bonds. The molecule has 0 aliphatic carbocycles. The van der Waals surface area contributed by atoms with Crippen molar-refractivity contribution in [2.75, 3.05) is 13.7 Å². The Morgan fingerprint density at radius 1 is 1.62 bits per heavy atom. The third kappa shape index (κ3) is 2.45. The van der Waals surface area contributed by atoms with E-state index in [1.54, 1.807) is 6.07 Å². The second kappa shape index (κ2) is 5.18. The molecule has 0 saturated heterocycles. The van der Waals surface area contributed by atoms with Crippen LogP contribution in [0, 0.1) is 0 Å². The van der Waals surface area contributed by atoms with Crippen LogP contribution < -0.4 is 10.5 Å². The molecule has 0 bridgehead atoms. The number of phenolic OH excluding ortho intramolecular Hbond substituents is 1. The first-order chi connectivity index (χ1) is 7.51. The molecular formula is C10H12BrNO4. The Hall–Kier alpha value is -1.27. The van der Waals surface area contributed by atoms with E-state index in [9.17, 15) is 9.90 Å². The van der Waals surface area contributed by atoms with E-state index in [2.05, 4.69) is 15.9 Å². The average molecular weight is 290 g/mol. The second-order valence-electron chi connectivity index (χ2n) is 3.17. The van der Waals surface area contributed by atoms with Crippen molar-refractivity contribution in [3.63, 3.8) is 0 Å². The molecule has 0 radical (unpaired) electrons. The molecule has 1 aromatic rings. The molecule has 1 aromatic carbocycles. The third-order valence-electron chi connectivity index (χ3n) is 2.20. The average Bonchev–Trinajstić information content (AvgIpc) is 2.23. The number of carboxylic acids is 1. The summed E-state index contributed by atoms with van der Waals surface area (Å²) in [6.07, 6.45) is 0. The van der Waals surface area contributed by atoms with Crippen LogP contribution in [0.4, 0.5) is 0 Å². The number of phenols is 1. The smallest absolute Gasteiger partial charge is 0.312 e. The van der Waals surface area contributed by atoms with E-state index in [4.69, 9.17) is 15.6 Å². The van der Waals surface area contributed by atoms with Gasteiger partial charge in [-0.3, -0.25) is 4.79 Å². The van der Waals surface area contributed by atoms with Crippen LogP contribution >= 0.6 is 15.9 Å². The molecule has 1 atom stereocenters. The van der Waals surface area contributed by atoms with Crippen LogP contribution in [-0.4, -0.2) is 29.8 Å². The quantitative estimate of drug-likeness (QED) is 0.777. The van der Waals surface area contributed by atoms with Crippen molar-refractivity contribution < 1.29 is 19.7 Å². The summed E-state index contributed by atoms with van der Waals surface area (Å²) in [6.45, 7) is -0.0947. The fourth-order valence-electron chi connectivity index (χ4n) is 1.38. The summed E-state index contributed by atoms with van der Waals surface area (Å²) in [5.41, 5.74) is 5.61. The number of halogens is 1. The zero-order valence-corrected chi connectivity index (χ0v) is 10.2. The van der Waals surface area contributed by atoms with Gasteiger partial charge in [0.05, 0.1) is 13.0 Å². The van der Waals surface area contributed by atoms with Crippen molar-refractivity contribution in [1.82, 2.24) is 0 Å². The van der Waals surface area contributed by atoms with Crippen LogP contribution in [0.15, 0.2) is 16.6 Å². The van der Waals surface area contributed by atoms with Gasteiger partial charge in [0.15, 0.2) is 11.5 Å². The van der Waals surface area contributed by atoms with E-state index in [1.165, 1.54) is 13.2 Å². The molecular weight excluding hydrogens is 278 g/mol. The van der Waals surface area contributed by atoms with E-state index in [0.717, 1.165) is 0 Å². The summed E-state index contributed by atoms with van der Waals surface area (Å²) in [5, 5.41) is 18.8. The van der Waals surface area contributed by atoms with Crippen LogP contribution in [0.25, 0.3) is 0 Å². The van der Waals surface area contributed by atoms with Crippen molar-refractivity contribution in [3.05, 3.63) is 22.2 Å². The van der Waals surface area contributed by atoms with Gasteiger partial charge in [0.25, 0.3) is 0 Å². The first-order valence-corrected chi connectivity index (χ1v) is 5.29. The van der Waals surface area contributed by atoms with Crippen LogP contribution in [-0.2, 0) is 4.79 Å². The first kappa shape index (κ1) is 12.8. The van der Waals surface area contributed by atoms with E-state index in [-0.39, 0.29) is 23.6 Å². The van der Waals surface area contributed by atoms with Crippen molar-refractivity contribution >= 4 is 21.9 Å². The maximum atomic E-state index is 10.9. The zero-order valence-electron chi connectivity index (χ0n) is 8.61. The van der Waals surface area contributed by atoms with Crippen molar-refractivity contribution in [3.8, 4) is 11.5 Å². The van der Waals surface area contributed by atoms with Crippen LogP contribution in [0.5, 0.6) is 11.5 Å². The number of aliphatic carboxylic acids is 1. The molecule has 88 valence electrons. The number of rotatable bonds is 4. The maximum Gasteiger partial charge on any atom is 0.312 e. The number of benzene rings is 1. The van der Waals surface area contributed by atoms with Crippen LogP contribution in [0.1, 0.15) is 11.5 Å². The number of carboxylic acid groups (broad SMARTS) is 1. The van der Waals surface area contributed by atoms with E-state index in [1.807, 2.05) is 0 Å². The number of hydrogen-bond acceptors (Lipinski definition) is 4. The Bertz CT molecular complexity index is 408. The Labute approximate surface area is 101 Å². The molecule has 0 aliphatic rings. The standard InChI is InChI=1S/C10H12BrNO4/c1-16-8-3-5(11)2-6(9(8)13)7(4-12)10(14)15/h2-3,7,13H,4,12H2,1H3,(H,14,15). The molecule has 1 unspecified atom stereocenters. The van der Waals surface area contributed by atoms with Gasteiger partial charge in [0, 0.05) is 16.6 Å². The lowest BCUT2D eigenvalue weighted by Crippen LogP contribution is -2.21. The summed E-state index contributed by atoms with van der Waals surface area (Å²) in [6, 6.07) is 3.07. The lowest BCUT2D eigenvalue weighted by molar-refractivity contribution is -0.138. The minimum Gasteiger partial charge on any atom is -0.504 e. The van der Waals surface area contributed by atoms with Gasteiger partial charge < -0.3 is 20.7 Å². The monoisotopic (exact) mass is 289 g/mol. The highest BCUT2D eigenvalue weighted by atomic mass is 79.9. The lowest BCUT2D eigenvalue weighted by atomic mass is 9.98. The predicted octanol–water partition coefficient (Wildman–Crippen LogP) is 1.29. The fraction of sp³-hybridized carbons (Fsp3) is 0.300. The van der Waals surface area contributed by atoms with E-state index >= 15 is 0 Å². The summed E-state index contributed by atoms with van der Waals surface area (Å²) >= 11 is 3.21. The number of carbonyl (C=O) groups is 1. The highest BCUT2D eigenvalue weighted by Crippen LogP contribution is 2.37. The largest absolute Gasteiger partial charge is 0.504 e. The topological polar surface area (TPSA) is 92.8 Å². The highest BCUT2D eigenvalue weighted by molar-refractivity contribution is 9.10. The van der Waals surface area contributed by atoms with Gasteiger partial charge in [-0.15, -0.1) is 0 Å². The van der Waals surface area contributed by atoms with Gasteiger partial charge in [-0.05, 0) is 12.1 Å². The Kier molecular flexibility index (Phi) is 4.14. The molecule has 0 heterocycles. The molecule has 0 fully saturated rings. The molecule has 5 nitrogen and oxygen atoms in total. The SMILES string of the molecule is COc1cc(Br)cc(C(CN)C(=O)O)c1O. The molecule has 1 rings (SSSR count). The Morgan fingerprint density at radius 2 is 2.25 bits per heavy atom. The van der Waals surface area contributed by atoms with Crippen molar-refractivity contribution in [2.45, 2.75) is 5.92 Å². The van der Waals surface area contributed by atoms with Crippen LogP contribution in [0.3, 0.4) is 0 Å².